The van der Waals surface area contributed by atoms with Gasteiger partial charge in [-0.25, -0.2) is 0 Å². The van der Waals surface area contributed by atoms with Crippen molar-refractivity contribution in [2.24, 2.45) is 0 Å². The first kappa shape index (κ1) is 13.8. The molecule has 1 aromatic carbocycles. The summed E-state index contributed by atoms with van der Waals surface area (Å²) in [6, 6.07) is 0.927. The topological polar surface area (TPSA) is 86.5 Å². The fraction of sp³-hybridized carbons (Fsp3) is 0.250. The van der Waals surface area contributed by atoms with E-state index in [2.05, 4.69) is 20.7 Å². The number of nitro groups is 1. The Kier molecular flexibility index (Phi) is 3.72. The Morgan fingerprint density at radius 1 is 1.53 bits per heavy atom. The van der Waals surface area contributed by atoms with E-state index in [4.69, 9.17) is 0 Å². The number of hydrogen-bond acceptors (Lipinski definition) is 5. The van der Waals surface area contributed by atoms with Crippen LogP contribution < -0.4 is 4.74 Å². The molecule has 0 radical (unpaired) electrons. The molecule has 1 aromatic rings. The maximum Gasteiger partial charge on any atom is 0.336 e. The van der Waals surface area contributed by atoms with Gasteiger partial charge in [-0.2, -0.15) is 8.42 Å². The van der Waals surface area contributed by atoms with Gasteiger partial charge in [0.2, 0.25) is 5.75 Å². The standard InChI is InChI=1S/C8H7BrFNO5S/c1-4-5(9)3-6(17(10,14)15)8(16-2)7(4)11(12)13/h3H,1-2H3. The van der Waals surface area contributed by atoms with E-state index in [1.54, 1.807) is 0 Å². The van der Waals surface area contributed by atoms with Crippen molar-refractivity contribution in [3.63, 3.8) is 0 Å². The molecule has 0 aliphatic rings. The molecule has 0 saturated heterocycles. The lowest BCUT2D eigenvalue weighted by Gasteiger charge is -2.09. The molecule has 0 bridgehead atoms. The molecule has 0 aromatic heterocycles. The number of rotatable bonds is 3. The van der Waals surface area contributed by atoms with Gasteiger partial charge in [-0.3, -0.25) is 10.1 Å². The van der Waals surface area contributed by atoms with E-state index in [0.29, 0.717) is 0 Å². The highest BCUT2D eigenvalue weighted by Crippen LogP contribution is 2.41. The predicted molar refractivity (Wildman–Crippen MR) is 60.4 cm³/mol. The molecule has 94 valence electrons. The molecule has 0 aliphatic heterocycles. The summed E-state index contributed by atoms with van der Waals surface area (Å²) in [6.07, 6.45) is 0. The molecule has 6 nitrogen and oxygen atoms in total. The molecule has 0 aliphatic carbocycles. The third kappa shape index (κ3) is 2.55. The smallest absolute Gasteiger partial charge is 0.336 e. The molecule has 9 heteroatoms. The number of methoxy groups -OCH3 is 1. The van der Waals surface area contributed by atoms with E-state index < -0.39 is 31.5 Å². The molecule has 0 heterocycles. The largest absolute Gasteiger partial charge is 0.489 e. The zero-order chi connectivity index (χ0) is 13.4. The summed E-state index contributed by atoms with van der Waals surface area (Å²) in [5, 5.41) is 10.8. The summed E-state index contributed by atoms with van der Waals surface area (Å²) in [5.41, 5.74) is -0.433. The van der Waals surface area contributed by atoms with E-state index in [-0.39, 0.29) is 10.0 Å². The summed E-state index contributed by atoms with van der Waals surface area (Å²) in [5.74, 6) is -0.613. The average Bonchev–Trinajstić information content (AvgIpc) is 2.18. The first-order valence-corrected chi connectivity index (χ1v) is 6.34. The van der Waals surface area contributed by atoms with Crippen LogP contribution >= 0.6 is 15.9 Å². The van der Waals surface area contributed by atoms with Gasteiger partial charge in [0, 0.05) is 10.0 Å². The summed E-state index contributed by atoms with van der Waals surface area (Å²) in [7, 11) is -4.07. The van der Waals surface area contributed by atoms with Gasteiger partial charge in [-0.05, 0) is 13.0 Å². The van der Waals surface area contributed by atoms with Gasteiger partial charge >= 0.3 is 15.9 Å². The molecule has 0 saturated carbocycles. The second-order valence-electron chi connectivity index (χ2n) is 3.06. The van der Waals surface area contributed by atoms with Crippen LogP contribution in [0.4, 0.5) is 9.57 Å². The Bertz CT molecular complexity index is 586. The van der Waals surface area contributed by atoms with Crippen LogP contribution in [0.1, 0.15) is 5.56 Å². The highest BCUT2D eigenvalue weighted by Gasteiger charge is 2.30. The number of benzene rings is 1. The van der Waals surface area contributed by atoms with Crippen molar-refractivity contribution in [2.75, 3.05) is 7.11 Å². The van der Waals surface area contributed by atoms with E-state index in [9.17, 15) is 22.4 Å². The maximum absolute atomic E-state index is 13.0. The van der Waals surface area contributed by atoms with Crippen molar-refractivity contribution in [2.45, 2.75) is 11.8 Å². The Labute approximate surface area is 105 Å². The van der Waals surface area contributed by atoms with Crippen LogP contribution in [0.3, 0.4) is 0 Å². The molecular formula is C8H7BrFNO5S. The summed E-state index contributed by atoms with van der Waals surface area (Å²) < 4.78 is 39.4. The van der Waals surface area contributed by atoms with E-state index in [1.807, 2.05) is 0 Å². The van der Waals surface area contributed by atoms with Crippen molar-refractivity contribution >= 4 is 31.8 Å². The molecule has 17 heavy (non-hydrogen) atoms. The van der Waals surface area contributed by atoms with Crippen LogP contribution in [-0.4, -0.2) is 20.5 Å². The van der Waals surface area contributed by atoms with Crippen molar-refractivity contribution in [1.82, 2.24) is 0 Å². The Morgan fingerprint density at radius 2 is 2.06 bits per heavy atom. The second kappa shape index (κ2) is 4.57. The minimum atomic E-state index is -5.10. The van der Waals surface area contributed by atoms with Gasteiger partial charge < -0.3 is 4.74 Å². The number of ether oxygens (including phenoxy) is 1. The zero-order valence-corrected chi connectivity index (χ0v) is 11.1. The number of nitro benzene ring substituents is 1. The lowest BCUT2D eigenvalue weighted by Crippen LogP contribution is -2.03. The van der Waals surface area contributed by atoms with E-state index in [1.165, 1.54) is 6.92 Å². The van der Waals surface area contributed by atoms with Gasteiger partial charge in [0.25, 0.3) is 0 Å². The number of hydrogen-bond donors (Lipinski definition) is 0. The van der Waals surface area contributed by atoms with Crippen molar-refractivity contribution < 1.29 is 22.0 Å². The first-order valence-electron chi connectivity index (χ1n) is 4.16. The molecule has 1 rings (SSSR count). The molecule has 0 fully saturated rings. The fourth-order valence-electron chi connectivity index (χ4n) is 1.29. The maximum atomic E-state index is 13.0. The first-order chi connectivity index (χ1) is 7.70. The number of nitrogens with zero attached hydrogens (tertiary/aromatic N) is 1. The normalized spacial score (nSPS) is 11.3. The minimum Gasteiger partial charge on any atom is -0.489 e. The predicted octanol–water partition coefficient (Wildman–Crippen LogP) is 2.33. The van der Waals surface area contributed by atoms with Crippen LogP contribution in [0.5, 0.6) is 5.75 Å². The lowest BCUT2D eigenvalue weighted by atomic mass is 10.2. The van der Waals surface area contributed by atoms with Crippen molar-refractivity contribution in [3.05, 3.63) is 26.2 Å². The monoisotopic (exact) mass is 327 g/mol. The van der Waals surface area contributed by atoms with Gasteiger partial charge in [-0.15, -0.1) is 3.89 Å². The highest BCUT2D eigenvalue weighted by atomic mass is 79.9. The molecular weight excluding hydrogens is 321 g/mol. The molecule has 0 atom stereocenters. The Hall–Kier alpha value is -1.22. The molecule has 0 unspecified atom stereocenters. The van der Waals surface area contributed by atoms with E-state index in [0.717, 1.165) is 13.2 Å². The van der Waals surface area contributed by atoms with Crippen LogP contribution in [0.15, 0.2) is 15.4 Å². The fourth-order valence-corrected chi connectivity index (χ4v) is 2.52. The SMILES string of the molecule is COc1c(S(=O)(=O)F)cc(Br)c(C)c1[N+](=O)[O-]. The Morgan fingerprint density at radius 3 is 2.41 bits per heavy atom. The quantitative estimate of drug-likeness (QED) is 0.483. The van der Waals surface area contributed by atoms with Crippen LogP contribution in [0.25, 0.3) is 0 Å². The Balaban J connectivity index is 3.83. The average molecular weight is 328 g/mol. The third-order valence-corrected chi connectivity index (χ3v) is 3.71. The molecule has 0 spiro atoms. The van der Waals surface area contributed by atoms with Crippen LogP contribution in [0.2, 0.25) is 0 Å². The van der Waals surface area contributed by atoms with Gasteiger partial charge in [-0.1, -0.05) is 15.9 Å². The molecule has 0 amide bonds. The zero-order valence-electron chi connectivity index (χ0n) is 8.73. The third-order valence-electron chi connectivity index (χ3n) is 2.06. The van der Waals surface area contributed by atoms with Crippen molar-refractivity contribution in [3.8, 4) is 5.75 Å². The summed E-state index contributed by atoms with van der Waals surface area (Å²) in [4.78, 5) is 9.12. The van der Waals surface area contributed by atoms with E-state index >= 15 is 0 Å². The van der Waals surface area contributed by atoms with Gasteiger partial charge in [0.1, 0.15) is 4.90 Å². The number of halogens is 2. The van der Waals surface area contributed by atoms with Crippen LogP contribution in [0, 0.1) is 17.0 Å². The molecule has 0 N–H and O–H groups in total. The van der Waals surface area contributed by atoms with Gasteiger partial charge in [0.15, 0.2) is 0 Å². The second-order valence-corrected chi connectivity index (χ2v) is 5.23. The lowest BCUT2D eigenvalue weighted by molar-refractivity contribution is -0.386. The minimum absolute atomic E-state index is 0.112. The van der Waals surface area contributed by atoms with Crippen LogP contribution in [-0.2, 0) is 10.2 Å². The van der Waals surface area contributed by atoms with Gasteiger partial charge in [0.05, 0.1) is 12.0 Å². The summed E-state index contributed by atoms with van der Waals surface area (Å²) >= 11 is 2.93. The summed E-state index contributed by atoms with van der Waals surface area (Å²) in [6.45, 7) is 1.39. The van der Waals surface area contributed by atoms with Crippen molar-refractivity contribution in [1.29, 1.82) is 0 Å². The highest BCUT2D eigenvalue weighted by molar-refractivity contribution is 9.10.